The van der Waals surface area contributed by atoms with Crippen LogP contribution in [0.25, 0.3) is 0 Å². The van der Waals surface area contributed by atoms with Gasteiger partial charge in [0.1, 0.15) is 0 Å². The first-order valence-electron chi connectivity index (χ1n) is 4.31. The van der Waals surface area contributed by atoms with E-state index in [9.17, 15) is 0 Å². The summed E-state index contributed by atoms with van der Waals surface area (Å²) in [5.74, 6) is 0. The van der Waals surface area contributed by atoms with E-state index >= 15 is 0 Å². The van der Waals surface area contributed by atoms with Crippen molar-refractivity contribution in [2.45, 2.75) is 5.41 Å². The van der Waals surface area contributed by atoms with Gasteiger partial charge in [0, 0.05) is 11.0 Å². The maximum absolute atomic E-state index is 5.77. The Balaban J connectivity index is 2.38. The summed E-state index contributed by atoms with van der Waals surface area (Å²) in [4.78, 5) is 0. The van der Waals surface area contributed by atoms with Crippen molar-refractivity contribution in [2.75, 3.05) is 19.8 Å². The van der Waals surface area contributed by atoms with Gasteiger partial charge < -0.3 is 10.5 Å². The fraction of sp³-hybridized carbons (Fsp3) is 0.400. The van der Waals surface area contributed by atoms with Gasteiger partial charge in [-0.05, 0) is 11.6 Å². The highest BCUT2D eigenvalue weighted by atomic mass is 79.9. The van der Waals surface area contributed by atoms with Gasteiger partial charge in [-0.3, -0.25) is 0 Å². The maximum atomic E-state index is 5.77. The highest BCUT2D eigenvalue weighted by Crippen LogP contribution is 2.35. The Morgan fingerprint density at radius 2 is 2.08 bits per heavy atom. The second kappa shape index (κ2) is 3.40. The molecule has 0 bridgehead atoms. The zero-order valence-electron chi connectivity index (χ0n) is 7.29. The van der Waals surface area contributed by atoms with E-state index in [1.165, 1.54) is 5.56 Å². The lowest BCUT2D eigenvalue weighted by molar-refractivity contribution is -0.0553. The first kappa shape index (κ1) is 9.19. The van der Waals surface area contributed by atoms with Gasteiger partial charge in [0.05, 0.1) is 18.6 Å². The molecule has 1 aromatic carbocycles. The molecule has 0 amide bonds. The Morgan fingerprint density at radius 3 is 2.54 bits per heavy atom. The van der Waals surface area contributed by atoms with Crippen LogP contribution in [0.2, 0.25) is 0 Å². The van der Waals surface area contributed by atoms with Gasteiger partial charge in [0.25, 0.3) is 0 Å². The van der Waals surface area contributed by atoms with Crippen LogP contribution >= 0.6 is 15.9 Å². The van der Waals surface area contributed by atoms with E-state index in [0.29, 0.717) is 6.54 Å². The number of hydrogen-bond acceptors (Lipinski definition) is 2. The van der Waals surface area contributed by atoms with Gasteiger partial charge in [-0.2, -0.15) is 0 Å². The number of nitrogens with two attached hydrogens (primary N) is 1. The van der Waals surface area contributed by atoms with Crippen LogP contribution in [0.3, 0.4) is 0 Å². The van der Waals surface area contributed by atoms with Gasteiger partial charge in [-0.15, -0.1) is 0 Å². The minimum atomic E-state index is 0.0556. The van der Waals surface area contributed by atoms with Crippen LogP contribution in [0.1, 0.15) is 5.56 Å². The lowest BCUT2D eigenvalue weighted by Crippen LogP contribution is -2.52. The average molecular weight is 242 g/mol. The molecule has 2 rings (SSSR count). The largest absolute Gasteiger partial charge is 0.379 e. The zero-order chi connectivity index (χ0) is 9.31. The molecule has 0 spiro atoms. The lowest BCUT2D eigenvalue weighted by atomic mass is 9.79. The molecule has 2 N–H and O–H groups in total. The molecule has 1 aromatic rings. The van der Waals surface area contributed by atoms with Crippen LogP contribution in [-0.4, -0.2) is 19.8 Å². The van der Waals surface area contributed by atoms with Crippen molar-refractivity contribution in [3.05, 3.63) is 34.3 Å². The first-order chi connectivity index (χ1) is 6.28. The van der Waals surface area contributed by atoms with Gasteiger partial charge in [-0.1, -0.05) is 34.1 Å². The first-order valence-corrected chi connectivity index (χ1v) is 5.11. The minimum absolute atomic E-state index is 0.0556. The van der Waals surface area contributed by atoms with E-state index in [1.807, 2.05) is 18.2 Å². The average Bonchev–Trinajstić information content (AvgIpc) is 2.07. The van der Waals surface area contributed by atoms with Crippen molar-refractivity contribution in [1.82, 2.24) is 0 Å². The van der Waals surface area contributed by atoms with Crippen molar-refractivity contribution >= 4 is 15.9 Å². The van der Waals surface area contributed by atoms with Crippen LogP contribution < -0.4 is 5.73 Å². The summed E-state index contributed by atoms with van der Waals surface area (Å²) in [6.45, 7) is 2.13. The third kappa shape index (κ3) is 1.41. The Bertz CT molecular complexity index is 304. The second-order valence-electron chi connectivity index (χ2n) is 3.46. The lowest BCUT2D eigenvalue weighted by Gasteiger charge is -2.41. The number of halogens is 1. The van der Waals surface area contributed by atoms with E-state index in [-0.39, 0.29) is 5.41 Å². The molecule has 0 unspecified atom stereocenters. The Kier molecular flexibility index (Phi) is 2.41. The molecule has 0 aliphatic carbocycles. The predicted molar refractivity (Wildman–Crippen MR) is 55.7 cm³/mol. The molecule has 0 aromatic heterocycles. The molecule has 2 nitrogen and oxygen atoms in total. The van der Waals surface area contributed by atoms with Crippen molar-refractivity contribution < 1.29 is 4.74 Å². The van der Waals surface area contributed by atoms with Gasteiger partial charge in [-0.25, -0.2) is 0 Å². The van der Waals surface area contributed by atoms with Gasteiger partial charge >= 0.3 is 0 Å². The van der Waals surface area contributed by atoms with Crippen LogP contribution in [0.4, 0.5) is 0 Å². The molecule has 3 heteroatoms. The van der Waals surface area contributed by atoms with Crippen molar-refractivity contribution in [1.29, 1.82) is 0 Å². The summed E-state index contributed by atoms with van der Waals surface area (Å²) in [7, 11) is 0. The molecule has 1 fully saturated rings. The number of ether oxygens (including phenoxy) is 1. The second-order valence-corrected chi connectivity index (χ2v) is 4.31. The fourth-order valence-electron chi connectivity index (χ4n) is 1.62. The van der Waals surface area contributed by atoms with Crippen molar-refractivity contribution in [2.24, 2.45) is 5.73 Å². The zero-order valence-corrected chi connectivity index (χ0v) is 8.88. The smallest absolute Gasteiger partial charge is 0.0598 e. The molecule has 70 valence electrons. The summed E-state index contributed by atoms with van der Waals surface area (Å²) in [5, 5.41) is 0. The standard InChI is InChI=1S/C10H12BrNO/c11-9-4-2-1-3-8(9)10(5-12)6-13-7-10/h1-4H,5-7,12H2. The maximum Gasteiger partial charge on any atom is 0.0598 e. The monoisotopic (exact) mass is 241 g/mol. The molecule has 0 radical (unpaired) electrons. The van der Waals surface area contributed by atoms with Crippen LogP contribution in [-0.2, 0) is 10.2 Å². The number of benzene rings is 1. The van der Waals surface area contributed by atoms with Gasteiger partial charge in [0.15, 0.2) is 0 Å². The third-order valence-corrected chi connectivity index (χ3v) is 3.28. The van der Waals surface area contributed by atoms with Crippen LogP contribution in [0, 0.1) is 0 Å². The molecular weight excluding hydrogens is 230 g/mol. The van der Waals surface area contributed by atoms with Gasteiger partial charge in [0.2, 0.25) is 0 Å². The molecule has 1 heterocycles. The molecule has 1 aliphatic rings. The number of hydrogen-bond donors (Lipinski definition) is 1. The minimum Gasteiger partial charge on any atom is -0.379 e. The SMILES string of the molecule is NCC1(c2ccccc2Br)COC1. The highest BCUT2D eigenvalue weighted by Gasteiger charge is 2.40. The van der Waals surface area contributed by atoms with Crippen molar-refractivity contribution in [3.8, 4) is 0 Å². The van der Waals surface area contributed by atoms with E-state index in [2.05, 4.69) is 22.0 Å². The summed E-state index contributed by atoms with van der Waals surface area (Å²) >= 11 is 3.54. The normalized spacial score (nSPS) is 19.5. The topological polar surface area (TPSA) is 35.2 Å². The summed E-state index contributed by atoms with van der Waals surface area (Å²) in [5.41, 5.74) is 7.09. The van der Waals surface area contributed by atoms with E-state index in [0.717, 1.165) is 17.7 Å². The summed E-state index contributed by atoms with van der Waals surface area (Å²) in [6, 6.07) is 8.21. The molecule has 0 saturated carbocycles. The molecule has 0 atom stereocenters. The number of rotatable bonds is 2. The highest BCUT2D eigenvalue weighted by molar-refractivity contribution is 9.10. The Morgan fingerprint density at radius 1 is 1.38 bits per heavy atom. The Labute approximate surface area is 86.2 Å². The van der Waals surface area contributed by atoms with Crippen LogP contribution in [0.5, 0.6) is 0 Å². The molecule has 1 saturated heterocycles. The summed E-state index contributed by atoms with van der Waals surface area (Å²) in [6.07, 6.45) is 0. The van der Waals surface area contributed by atoms with E-state index in [1.54, 1.807) is 0 Å². The Hall–Kier alpha value is -0.380. The third-order valence-electron chi connectivity index (χ3n) is 2.59. The predicted octanol–water partition coefficient (Wildman–Crippen LogP) is 1.68. The fourth-order valence-corrected chi connectivity index (χ4v) is 2.33. The van der Waals surface area contributed by atoms with Crippen molar-refractivity contribution in [3.63, 3.8) is 0 Å². The van der Waals surface area contributed by atoms with E-state index < -0.39 is 0 Å². The quantitative estimate of drug-likeness (QED) is 0.856. The summed E-state index contributed by atoms with van der Waals surface area (Å²) < 4.78 is 6.37. The molecule has 1 aliphatic heterocycles. The molecule has 13 heavy (non-hydrogen) atoms. The molecular formula is C10H12BrNO. The van der Waals surface area contributed by atoms with Crippen LogP contribution in [0.15, 0.2) is 28.7 Å². The van der Waals surface area contributed by atoms with E-state index in [4.69, 9.17) is 10.5 Å².